The first-order valence-electron chi connectivity index (χ1n) is 10.5. The molecule has 0 aliphatic rings. The number of esters is 1. The molecule has 3 aromatic carbocycles. The zero-order valence-electron chi connectivity index (χ0n) is 18.7. The van der Waals surface area contributed by atoms with Gasteiger partial charge in [-0.2, -0.15) is 13.2 Å². The summed E-state index contributed by atoms with van der Waals surface area (Å²) in [7, 11) is 1.27. The fourth-order valence-electron chi connectivity index (χ4n) is 3.61. The highest BCUT2D eigenvalue weighted by Crippen LogP contribution is 2.36. The molecular formula is C26H23F5O3. The standard InChI is InChI=1S/C26H23F5O3/c1-15(2)8-24(25(32)33-3)18-9-17(16-4-6-19(7-5-16)26(29,30)31)10-22(11-18)34-23-13-20(27)12-21(28)14-23/h4-7,9-15,24H,8H2,1-3H3. The number of benzene rings is 3. The van der Waals surface area contributed by atoms with Crippen molar-refractivity contribution in [3.63, 3.8) is 0 Å². The van der Waals surface area contributed by atoms with Gasteiger partial charge in [0.1, 0.15) is 23.1 Å². The normalized spacial score (nSPS) is 12.5. The summed E-state index contributed by atoms with van der Waals surface area (Å²) in [6.07, 6.45) is -4.04. The third-order valence-electron chi connectivity index (χ3n) is 5.14. The van der Waals surface area contributed by atoms with Crippen molar-refractivity contribution in [1.82, 2.24) is 0 Å². The van der Waals surface area contributed by atoms with Crippen LogP contribution >= 0.6 is 0 Å². The van der Waals surface area contributed by atoms with Crippen LogP contribution in [0.4, 0.5) is 22.0 Å². The van der Waals surface area contributed by atoms with Crippen LogP contribution in [0, 0.1) is 17.6 Å². The third-order valence-corrected chi connectivity index (χ3v) is 5.14. The van der Waals surface area contributed by atoms with E-state index in [1.807, 2.05) is 13.8 Å². The summed E-state index contributed by atoms with van der Waals surface area (Å²) in [6.45, 7) is 3.87. The largest absolute Gasteiger partial charge is 0.469 e. The minimum Gasteiger partial charge on any atom is -0.469 e. The fourth-order valence-corrected chi connectivity index (χ4v) is 3.61. The quantitative estimate of drug-likeness (QED) is 0.257. The Morgan fingerprint density at radius 2 is 1.44 bits per heavy atom. The first-order valence-corrected chi connectivity index (χ1v) is 10.5. The van der Waals surface area contributed by atoms with Crippen molar-refractivity contribution in [2.24, 2.45) is 5.92 Å². The minimum absolute atomic E-state index is 0.105. The maximum Gasteiger partial charge on any atom is 0.416 e. The number of alkyl halides is 3. The number of carbonyl (C=O) groups is 1. The number of hydrogen-bond acceptors (Lipinski definition) is 3. The molecule has 0 amide bonds. The van der Waals surface area contributed by atoms with Gasteiger partial charge in [-0.05, 0) is 53.3 Å². The van der Waals surface area contributed by atoms with Crippen molar-refractivity contribution in [2.45, 2.75) is 32.4 Å². The Labute approximate surface area is 194 Å². The summed E-state index contributed by atoms with van der Waals surface area (Å²) >= 11 is 0. The minimum atomic E-state index is -4.48. The molecule has 3 rings (SSSR count). The molecule has 0 heterocycles. The highest BCUT2D eigenvalue weighted by Gasteiger charge is 2.30. The Morgan fingerprint density at radius 3 is 1.97 bits per heavy atom. The Balaban J connectivity index is 2.11. The van der Waals surface area contributed by atoms with Crippen molar-refractivity contribution in [3.05, 3.63) is 83.4 Å². The topological polar surface area (TPSA) is 35.5 Å². The lowest BCUT2D eigenvalue weighted by Crippen LogP contribution is -2.16. The molecule has 1 unspecified atom stereocenters. The predicted octanol–water partition coefficient (Wildman–Crippen LogP) is 7.75. The number of hydrogen-bond donors (Lipinski definition) is 0. The van der Waals surface area contributed by atoms with Crippen LogP contribution in [0.15, 0.2) is 60.7 Å². The van der Waals surface area contributed by atoms with Crippen molar-refractivity contribution in [2.75, 3.05) is 7.11 Å². The number of methoxy groups -OCH3 is 1. The van der Waals surface area contributed by atoms with E-state index in [0.717, 1.165) is 24.3 Å². The fraction of sp³-hybridized carbons (Fsp3) is 0.269. The van der Waals surface area contributed by atoms with Gasteiger partial charge in [-0.1, -0.05) is 32.0 Å². The molecule has 0 aliphatic heterocycles. The molecule has 0 aromatic heterocycles. The summed E-state index contributed by atoms with van der Waals surface area (Å²) in [5.41, 5.74) is 0.616. The Bertz CT molecular complexity index is 1130. The number of ether oxygens (including phenoxy) is 2. The second-order valence-corrected chi connectivity index (χ2v) is 8.28. The van der Waals surface area contributed by atoms with Crippen molar-refractivity contribution in [1.29, 1.82) is 0 Å². The van der Waals surface area contributed by atoms with Gasteiger partial charge in [-0.3, -0.25) is 4.79 Å². The van der Waals surface area contributed by atoms with E-state index in [0.29, 0.717) is 29.2 Å². The van der Waals surface area contributed by atoms with Crippen LogP contribution in [-0.4, -0.2) is 13.1 Å². The summed E-state index contributed by atoms with van der Waals surface area (Å²) < 4.78 is 76.8. The van der Waals surface area contributed by atoms with Crippen LogP contribution in [0.3, 0.4) is 0 Å². The van der Waals surface area contributed by atoms with Crippen LogP contribution in [0.25, 0.3) is 11.1 Å². The van der Waals surface area contributed by atoms with Crippen LogP contribution in [0.2, 0.25) is 0 Å². The zero-order chi connectivity index (χ0) is 25.0. The van der Waals surface area contributed by atoms with E-state index < -0.39 is 35.3 Å². The molecule has 0 N–H and O–H groups in total. The van der Waals surface area contributed by atoms with E-state index in [4.69, 9.17) is 9.47 Å². The monoisotopic (exact) mass is 478 g/mol. The van der Waals surface area contributed by atoms with Crippen LogP contribution < -0.4 is 4.74 Å². The molecule has 0 radical (unpaired) electrons. The first kappa shape index (κ1) is 25.2. The van der Waals surface area contributed by atoms with Crippen molar-refractivity contribution in [3.8, 4) is 22.6 Å². The Hall–Kier alpha value is -3.42. The maximum atomic E-state index is 13.6. The lowest BCUT2D eigenvalue weighted by atomic mass is 9.88. The summed E-state index contributed by atoms with van der Waals surface area (Å²) in [6, 6.07) is 12.0. The highest BCUT2D eigenvalue weighted by atomic mass is 19.4. The average Bonchev–Trinajstić information content (AvgIpc) is 2.75. The van der Waals surface area contributed by atoms with Crippen LogP contribution in [-0.2, 0) is 15.7 Å². The molecule has 0 saturated carbocycles. The predicted molar refractivity (Wildman–Crippen MR) is 118 cm³/mol. The van der Waals surface area contributed by atoms with Gasteiger partial charge in [0.15, 0.2) is 0 Å². The van der Waals surface area contributed by atoms with E-state index in [2.05, 4.69) is 0 Å². The second kappa shape index (κ2) is 10.2. The molecule has 3 aromatic rings. The van der Waals surface area contributed by atoms with Gasteiger partial charge in [-0.25, -0.2) is 8.78 Å². The third kappa shape index (κ3) is 6.34. The average molecular weight is 478 g/mol. The molecule has 0 bridgehead atoms. The molecule has 8 heteroatoms. The van der Waals surface area contributed by atoms with E-state index in [-0.39, 0.29) is 17.4 Å². The number of rotatable bonds is 7. The molecule has 0 spiro atoms. The Kier molecular flexibility index (Phi) is 7.59. The highest BCUT2D eigenvalue weighted by molar-refractivity contribution is 5.79. The van der Waals surface area contributed by atoms with Crippen molar-refractivity contribution >= 4 is 5.97 Å². The first-order chi connectivity index (χ1) is 16.0. The van der Waals surface area contributed by atoms with E-state index in [9.17, 15) is 26.7 Å². The SMILES string of the molecule is COC(=O)C(CC(C)C)c1cc(Oc2cc(F)cc(F)c2)cc(-c2ccc(C(F)(F)F)cc2)c1. The van der Waals surface area contributed by atoms with E-state index in [1.54, 1.807) is 12.1 Å². The molecule has 0 saturated heterocycles. The lowest BCUT2D eigenvalue weighted by Gasteiger charge is -2.20. The number of carbonyl (C=O) groups excluding carboxylic acids is 1. The smallest absolute Gasteiger partial charge is 0.416 e. The molecule has 3 nitrogen and oxygen atoms in total. The molecule has 34 heavy (non-hydrogen) atoms. The van der Waals surface area contributed by atoms with Crippen LogP contribution in [0.5, 0.6) is 11.5 Å². The summed E-state index contributed by atoms with van der Waals surface area (Å²) in [5.74, 6) is -2.64. The van der Waals surface area contributed by atoms with Crippen molar-refractivity contribution < 1.29 is 36.2 Å². The number of halogens is 5. The second-order valence-electron chi connectivity index (χ2n) is 8.28. The molecular weight excluding hydrogens is 455 g/mol. The Morgan fingerprint density at radius 1 is 0.853 bits per heavy atom. The van der Waals surface area contributed by atoms with Gasteiger partial charge in [-0.15, -0.1) is 0 Å². The molecule has 1 atom stereocenters. The van der Waals surface area contributed by atoms with E-state index >= 15 is 0 Å². The van der Waals surface area contributed by atoms with Gasteiger partial charge in [0.2, 0.25) is 0 Å². The van der Waals surface area contributed by atoms with Gasteiger partial charge >= 0.3 is 12.1 Å². The van der Waals surface area contributed by atoms with E-state index in [1.165, 1.54) is 25.3 Å². The maximum absolute atomic E-state index is 13.6. The summed E-state index contributed by atoms with van der Waals surface area (Å²) in [4.78, 5) is 12.5. The summed E-state index contributed by atoms with van der Waals surface area (Å²) in [5, 5.41) is 0. The van der Waals surface area contributed by atoms with Gasteiger partial charge in [0.25, 0.3) is 0 Å². The van der Waals surface area contributed by atoms with Gasteiger partial charge < -0.3 is 9.47 Å². The molecule has 0 aliphatic carbocycles. The van der Waals surface area contributed by atoms with Crippen LogP contribution in [0.1, 0.15) is 37.3 Å². The van der Waals surface area contributed by atoms with Gasteiger partial charge in [0.05, 0.1) is 18.6 Å². The lowest BCUT2D eigenvalue weighted by molar-refractivity contribution is -0.143. The van der Waals surface area contributed by atoms with Gasteiger partial charge in [0, 0.05) is 18.2 Å². The zero-order valence-corrected chi connectivity index (χ0v) is 18.7. The molecule has 180 valence electrons. The molecule has 0 fully saturated rings.